The third-order valence-electron chi connectivity index (χ3n) is 4.11. The zero-order valence-corrected chi connectivity index (χ0v) is 15.1. The second-order valence-corrected chi connectivity index (χ2v) is 8.09. The molecule has 0 radical (unpaired) electrons. The Morgan fingerprint density at radius 3 is 2.62 bits per heavy atom. The summed E-state index contributed by atoms with van der Waals surface area (Å²) in [4.78, 5) is 4.23. The number of rotatable bonds is 6. The van der Waals surface area contributed by atoms with Gasteiger partial charge in [0.2, 0.25) is 0 Å². The number of hydrogen-bond donors (Lipinski definition) is 1. The van der Waals surface area contributed by atoms with Crippen molar-refractivity contribution in [1.29, 1.82) is 0 Å². The molecular weight excluding hydrogens is 354 g/mol. The highest BCUT2D eigenvalue weighted by Gasteiger charge is 2.36. The van der Waals surface area contributed by atoms with Crippen molar-refractivity contribution in [3.8, 4) is 0 Å². The van der Waals surface area contributed by atoms with Gasteiger partial charge in [0.1, 0.15) is 5.82 Å². The van der Waals surface area contributed by atoms with Crippen LogP contribution in [-0.4, -0.2) is 28.8 Å². The monoisotopic (exact) mass is 377 g/mol. The Bertz CT molecular complexity index is 577. The molecule has 1 aliphatic carbocycles. The van der Waals surface area contributed by atoms with Crippen LogP contribution in [0.2, 0.25) is 0 Å². The molecule has 2 rings (SSSR count). The van der Waals surface area contributed by atoms with Crippen molar-refractivity contribution < 1.29 is 8.42 Å². The Kier molecular flexibility index (Phi) is 5.48. The molecule has 1 aromatic rings. The molecule has 1 aliphatic rings. The van der Waals surface area contributed by atoms with E-state index in [2.05, 4.69) is 32.6 Å². The van der Waals surface area contributed by atoms with Crippen LogP contribution in [-0.2, 0) is 16.6 Å². The van der Waals surface area contributed by atoms with Crippen LogP contribution in [0.25, 0.3) is 0 Å². The van der Waals surface area contributed by atoms with Gasteiger partial charge in [-0.2, -0.15) is 0 Å². The molecule has 0 aliphatic heterocycles. The number of sulfonamides is 1. The standard InChI is InChI=1S/C14H24BrN3O2S/c1-3-9-18-10-13(16-12(18)2)21(19,20)17-14(11-15)7-5-4-6-8-14/h10,17H,3-9,11H2,1-2H3. The summed E-state index contributed by atoms with van der Waals surface area (Å²) in [5.74, 6) is 0.744. The average Bonchev–Trinajstić information content (AvgIpc) is 2.82. The summed E-state index contributed by atoms with van der Waals surface area (Å²) in [5.41, 5.74) is -0.362. The summed E-state index contributed by atoms with van der Waals surface area (Å²) >= 11 is 3.49. The number of aromatic nitrogens is 2. The molecule has 0 atom stereocenters. The maximum absolute atomic E-state index is 12.6. The molecule has 0 bridgehead atoms. The van der Waals surface area contributed by atoms with Gasteiger partial charge in [0, 0.05) is 23.6 Å². The Labute approximate surface area is 135 Å². The highest BCUT2D eigenvalue weighted by molar-refractivity contribution is 9.09. The number of imidazole rings is 1. The van der Waals surface area contributed by atoms with Crippen LogP contribution in [0.3, 0.4) is 0 Å². The summed E-state index contributed by atoms with van der Waals surface area (Å²) < 4.78 is 30.1. The van der Waals surface area contributed by atoms with E-state index < -0.39 is 10.0 Å². The van der Waals surface area contributed by atoms with Gasteiger partial charge in [-0.15, -0.1) is 0 Å². The van der Waals surface area contributed by atoms with Crippen molar-refractivity contribution in [2.45, 2.75) is 69.5 Å². The van der Waals surface area contributed by atoms with Gasteiger partial charge in [-0.25, -0.2) is 18.1 Å². The first-order valence-electron chi connectivity index (χ1n) is 7.56. The minimum atomic E-state index is -3.56. The minimum Gasteiger partial charge on any atom is -0.334 e. The van der Waals surface area contributed by atoms with Crippen LogP contribution in [0.4, 0.5) is 0 Å². The summed E-state index contributed by atoms with van der Waals surface area (Å²) in [7, 11) is -3.56. The predicted molar refractivity (Wildman–Crippen MR) is 87.2 cm³/mol. The van der Waals surface area contributed by atoms with Crippen molar-refractivity contribution in [2.75, 3.05) is 5.33 Å². The molecule has 0 amide bonds. The average molecular weight is 378 g/mol. The van der Waals surface area contributed by atoms with E-state index in [1.54, 1.807) is 6.20 Å². The smallest absolute Gasteiger partial charge is 0.260 e. The van der Waals surface area contributed by atoms with E-state index in [9.17, 15) is 8.42 Å². The lowest BCUT2D eigenvalue weighted by molar-refractivity contribution is 0.301. The number of aryl methyl sites for hydroxylation is 2. The van der Waals surface area contributed by atoms with Crippen LogP contribution in [0.5, 0.6) is 0 Å². The molecule has 0 unspecified atom stereocenters. The molecular formula is C14H24BrN3O2S. The van der Waals surface area contributed by atoms with E-state index in [0.29, 0.717) is 5.33 Å². The van der Waals surface area contributed by atoms with Crippen molar-refractivity contribution >= 4 is 26.0 Å². The largest absolute Gasteiger partial charge is 0.334 e. The Morgan fingerprint density at radius 2 is 2.05 bits per heavy atom. The molecule has 0 saturated heterocycles. The number of nitrogens with zero attached hydrogens (tertiary/aromatic N) is 2. The normalized spacial score (nSPS) is 18.8. The third kappa shape index (κ3) is 3.87. The van der Waals surface area contributed by atoms with E-state index in [0.717, 1.165) is 44.5 Å². The second kappa shape index (κ2) is 6.79. The lowest BCUT2D eigenvalue weighted by Crippen LogP contribution is -2.51. The van der Waals surface area contributed by atoms with Crippen LogP contribution in [0, 0.1) is 6.92 Å². The van der Waals surface area contributed by atoms with Gasteiger partial charge < -0.3 is 4.57 Å². The van der Waals surface area contributed by atoms with Crippen molar-refractivity contribution in [2.24, 2.45) is 0 Å². The second-order valence-electron chi connectivity index (χ2n) is 5.90. The quantitative estimate of drug-likeness (QED) is 0.774. The molecule has 1 saturated carbocycles. The molecule has 0 aromatic carbocycles. The van der Waals surface area contributed by atoms with E-state index in [-0.39, 0.29) is 10.6 Å². The van der Waals surface area contributed by atoms with Crippen molar-refractivity contribution in [3.05, 3.63) is 12.0 Å². The van der Waals surface area contributed by atoms with Gasteiger partial charge in [-0.1, -0.05) is 42.1 Å². The minimum absolute atomic E-state index is 0.138. The highest BCUT2D eigenvalue weighted by atomic mass is 79.9. The number of hydrogen-bond acceptors (Lipinski definition) is 3. The third-order valence-corrected chi connectivity index (χ3v) is 6.63. The highest BCUT2D eigenvalue weighted by Crippen LogP contribution is 2.31. The first kappa shape index (κ1) is 17.0. The van der Waals surface area contributed by atoms with E-state index in [1.807, 2.05) is 11.5 Å². The zero-order valence-electron chi connectivity index (χ0n) is 12.7. The van der Waals surface area contributed by atoms with Gasteiger partial charge in [-0.05, 0) is 26.2 Å². The topological polar surface area (TPSA) is 64.0 Å². The Hall–Kier alpha value is -0.400. The molecule has 21 heavy (non-hydrogen) atoms. The van der Waals surface area contributed by atoms with Gasteiger partial charge >= 0.3 is 0 Å². The zero-order chi connectivity index (χ0) is 15.5. The van der Waals surface area contributed by atoms with E-state index >= 15 is 0 Å². The SMILES string of the molecule is CCCn1cc(S(=O)(=O)NC2(CBr)CCCCC2)nc1C. The number of alkyl halides is 1. The summed E-state index contributed by atoms with van der Waals surface area (Å²) in [6.45, 7) is 4.70. The molecule has 1 N–H and O–H groups in total. The van der Waals surface area contributed by atoms with E-state index in [1.165, 1.54) is 6.42 Å². The van der Waals surface area contributed by atoms with Crippen molar-refractivity contribution in [1.82, 2.24) is 14.3 Å². The molecule has 1 heterocycles. The fourth-order valence-electron chi connectivity index (χ4n) is 2.90. The summed E-state index contributed by atoms with van der Waals surface area (Å²) in [5, 5.41) is 0.785. The van der Waals surface area contributed by atoms with Gasteiger partial charge in [0.05, 0.1) is 0 Å². The molecule has 1 fully saturated rings. The van der Waals surface area contributed by atoms with Crippen LogP contribution < -0.4 is 4.72 Å². The first-order chi connectivity index (χ1) is 9.92. The van der Waals surface area contributed by atoms with Crippen molar-refractivity contribution in [3.63, 3.8) is 0 Å². The van der Waals surface area contributed by atoms with Crippen LogP contribution >= 0.6 is 15.9 Å². The number of nitrogens with one attached hydrogen (secondary N) is 1. The molecule has 7 heteroatoms. The molecule has 0 spiro atoms. The Morgan fingerprint density at radius 1 is 1.38 bits per heavy atom. The lowest BCUT2D eigenvalue weighted by Gasteiger charge is -2.35. The number of halogens is 1. The Balaban J connectivity index is 2.23. The molecule has 1 aromatic heterocycles. The lowest BCUT2D eigenvalue weighted by atomic mass is 9.84. The fourth-order valence-corrected chi connectivity index (χ4v) is 5.26. The molecule has 5 nitrogen and oxygen atoms in total. The summed E-state index contributed by atoms with van der Waals surface area (Å²) in [6, 6.07) is 0. The maximum atomic E-state index is 12.6. The first-order valence-corrected chi connectivity index (χ1v) is 10.2. The van der Waals surface area contributed by atoms with E-state index in [4.69, 9.17) is 0 Å². The summed E-state index contributed by atoms with van der Waals surface area (Å²) in [6.07, 6.45) is 7.68. The van der Waals surface area contributed by atoms with Gasteiger partial charge in [-0.3, -0.25) is 0 Å². The molecule has 120 valence electrons. The van der Waals surface area contributed by atoms with Gasteiger partial charge in [0.15, 0.2) is 5.03 Å². The fraction of sp³-hybridized carbons (Fsp3) is 0.786. The van der Waals surface area contributed by atoms with Crippen LogP contribution in [0.15, 0.2) is 11.2 Å². The van der Waals surface area contributed by atoms with Crippen LogP contribution in [0.1, 0.15) is 51.3 Å². The maximum Gasteiger partial charge on any atom is 0.260 e. The predicted octanol–water partition coefficient (Wildman–Crippen LogP) is 2.98. The van der Waals surface area contributed by atoms with Gasteiger partial charge in [0.25, 0.3) is 10.0 Å².